The summed E-state index contributed by atoms with van der Waals surface area (Å²) in [5, 5.41) is 10.9. The van der Waals surface area contributed by atoms with Crippen molar-refractivity contribution in [1.29, 1.82) is 0 Å². The first-order valence-corrected chi connectivity index (χ1v) is 6.05. The third kappa shape index (κ3) is 4.01. The van der Waals surface area contributed by atoms with E-state index in [-0.39, 0.29) is 12.2 Å². The molecule has 0 aliphatic rings. The van der Waals surface area contributed by atoms with E-state index in [2.05, 4.69) is 4.74 Å². The number of benzene rings is 1. The molecule has 0 saturated heterocycles. The van der Waals surface area contributed by atoms with Crippen molar-refractivity contribution in [2.45, 2.75) is 19.9 Å². The van der Waals surface area contributed by atoms with Gasteiger partial charge in [-0.2, -0.15) is 0 Å². The number of rotatable bonds is 6. The van der Waals surface area contributed by atoms with Crippen molar-refractivity contribution < 1.29 is 19.2 Å². The van der Waals surface area contributed by atoms with Crippen LogP contribution in [0.25, 0.3) is 6.08 Å². The molecule has 1 aromatic carbocycles. The molecule has 0 fully saturated rings. The number of carbonyl (C=O) groups is 2. The van der Waals surface area contributed by atoms with Crippen LogP contribution in [0.15, 0.2) is 35.9 Å². The van der Waals surface area contributed by atoms with Gasteiger partial charge in [-0.1, -0.05) is 30.3 Å². The maximum atomic E-state index is 12.0. The Kier molecular flexibility index (Phi) is 5.58. The molecule has 1 rings (SSSR count). The Labute approximate surface area is 116 Å². The molecule has 1 atom stereocenters. The third-order valence-corrected chi connectivity index (χ3v) is 2.54. The van der Waals surface area contributed by atoms with Crippen molar-refractivity contribution >= 4 is 17.8 Å². The number of ether oxygens (including phenoxy) is 1. The van der Waals surface area contributed by atoms with Crippen LogP contribution in [-0.2, 0) is 14.3 Å². The molecular formula is C14H15NO5. The molecule has 0 saturated carbocycles. The Bertz CT molecular complexity index is 536. The molecule has 6 nitrogen and oxygen atoms in total. The first kappa shape index (κ1) is 15.6. The normalized spacial score (nSPS) is 12.6. The van der Waals surface area contributed by atoms with E-state index in [0.717, 1.165) is 5.56 Å². The number of esters is 1. The minimum absolute atomic E-state index is 0.0160. The number of nitro groups is 1. The summed E-state index contributed by atoms with van der Waals surface area (Å²) in [7, 11) is 0. The maximum Gasteiger partial charge on any atom is 0.390 e. The van der Waals surface area contributed by atoms with Crippen LogP contribution in [0.3, 0.4) is 0 Å². The first-order chi connectivity index (χ1) is 9.47. The molecule has 0 aliphatic carbocycles. The van der Waals surface area contributed by atoms with Crippen LogP contribution < -0.4 is 0 Å². The second kappa shape index (κ2) is 7.18. The van der Waals surface area contributed by atoms with E-state index < -0.39 is 22.7 Å². The fourth-order valence-electron chi connectivity index (χ4n) is 1.60. The van der Waals surface area contributed by atoms with Gasteiger partial charge in [-0.05, 0) is 25.5 Å². The lowest BCUT2D eigenvalue weighted by atomic mass is 10.0. The van der Waals surface area contributed by atoms with Crippen LogP contribution in [0.2, 0.25) is 0 Å². The van der Waals surface area contributed by atoms with Crippen LogP contribution in [0.4, 0.5) is 0 Å². The van der Waals surface area contributed by atoms with Crippen molar-refractivity contribution in [3.05, 3.63) is 51.6 Å². The zero-order chi connectivity index (χ0) is 15.1. The molecule has 1 aromatic rings. The van der Waals surface area contributed by atoms with Gasteiger partial charge in [0.25, 0.3) is 0 Å². The van der Waals surface area contributed by atoms with E-state index in [1.807, 2.05) is 6.07 Å². The van der Waals surface area contributed by atoms with Crippen molar-refractivity contribution in [3.63, 3.8) is 0 Å². The molecule has 6 heteroatoms. The maximum absolute atomic E-state index is 12.0. The summed E-state index contributed by atoms with van der Waals surface area (Å²) in [6.07, 6.45) is 1.50. The molecular weight excluding hydrogens is 262 g/mol. The summed E-state index contributed by atoms with van der Waals surface area (Å²) in [5.41, 5.74) is 0.857. The highest BCUT2D eigenvalue weighted by atomic mass is 16.6. The Morgan fingerprint density at radius 3 is 2.45 bits per heavy atom. The monoisotopic (exact) mass is 277 g/mol. The topological polar surface area (TPSA) is 86.5 Å². The Morgan fingerprint density at radius 1 is 1.35 bits per heavy atom. The largest absolute Gasteiger partial charge is 0.461 e. The second-order valence-electron chi connectivity index (χ2n) is 4.04. The van der Waals surface area contributed by atoms with E-state index in [0.29, 0.717) is 0 Å². The van der Waals surface area contributed by atoms with E-state index in [1.54, 1.807) is 24.3 Å². The highest BCUT2D eigenvalue weighted by molar-refractivity contribution is 6.12. The van der Waals surface area contributed by atoms with Crippen molar-refractivity contribution in [2.24, 2.45) is 0 Å². The predicted molar refractivity (Wildman–Crippen MR) is 72.5 cm³/mol. The van der Waals surface area contributed by atoms with Gasteiger partial charge in [0, 0.05) is 10.5 Å². The number of Topliss-reactive ketones (excluding diaryl/α,β-unsaturated/α-hetero) is 1. The fraction of sp³-hybridized carbons (Fsp3) is 0.286. The smallest absolute Gasteiger partial charge is 0.390 e. The van der Waals surface area contributed by atoms with Gasteiger partial charge in [0.1, 0.15) is 0 Å². The third-order valence-electron chi connectivity index (χ3n) is 2.54. The van der Waals surface area contributed by atoms with Gasteiger partial charge in [0.15, 0.2) is 0 Å². The molecule has 0 aliphatic heterocycles. The molecule has 20 heavy (non-hydrogen) atoms. The van der Waals surface area contributed by atoms with Crippen molar-refractivity contribution in [2.75, 3.05) is 6.61 Å². The molecule has 0 heterocycles. The summed E-state index contributed by atoms with van der Waals surface area (Å²) in [6, 6.07) is 6.87. The van der Waals surface area contributed by atoms with Crippen LogP contribution in [0.5, 0.6) is 0 Å². The lowest BCUT2D eigenvalue weighted by Crippen LogP contribution is -2.39. The van der Waals surface area contributed by atoms with Gasteiger partial charge >= 0.3 is 12.0 Å². The molecule has 106 valence electrons. The number of ketones is 1. The van der Waals surface area contributed by atoms with Gasteiger partial charge in [-0.3, -0.25) is 14.9 Å². The quantitative estimate of drug-likeness (QED) is 0.260. The molecule has 0 amide bonds. The number of hydrogen-bond donors (Lipinski definition) is 0. The Balaban J connectivity index is 2.98. The molecule has 0 N–H and O–H groups in total. The van der Waals surface area contributed by atoms with Crippen molar-refractivity contribution in [1.82, 2.24) is 0 Å². The highest BCUT2D eigenvalue weighted by Crippen LogP contribution is 2.11. The summed E-state index contributed by atoms with van der Waals surface area (Å²) in [6.45, 7) is 2.94. The molecule has 0 bridgehead atoms. The average molecular weight is 277 g/mol. The van der Waals surface area contributed by atoms with E-state index in [9.17, 15) is 19.7 Å². The number of carbonyl (C=O) groups excluding carboxylic acids is 2. The summed E-state index contributed by atoms with van der Waals surface area (Å²) >= 11 is 0. The predicted octanol–water partition coefficient (Wildman–Crippen LogP) is 1.87. The summed E-state index contributed by atoms with van der Waals surface area (Å²) < 4.78 is 4.56. The van der Waals surface area contributed by atoms with Gasteiger partial charge in [-0.15, -0.1) is 0 Å². The standard InChI is InChI=1S/C14H15NO5/c1-3-20-14(17)12(15(18)19)13(16)10(2)9-11-7-5-4-6-8-11/h4-9,12H,3H2,1-2H3/b10-9-. The average Bonchev–Trinajstić information content (AvgIpc) is 2.39. The number of nitrogens with zero attached hydrogens (tertiary/aromatic N) is 1. The minimum atomic E-state index is -2.00. The van der Waals surface area contributed by atoms with Gasteiger partial charge in [0.05, 0.1) is 6.61 Å². The van der Waals surface area contributed by atoms with Gasteiger partial charge < -0.3 is 4.74 Å². The van der Waals surface area contributed by atoms with E-state index in [1.165, 1.54) is 19.9 Å². The molecule has 0 radical (unpaired) electrons. The van der Waals surface area contributed by atoms with Gasteiger partial charge in [0.2, 0.25) is 5.78 Å². The molecule has 0 spiro atoms. The van der Waals surface area contributed by atoms with Crippen LogP contribution in [0, 0.1) is 10.1 Å². The van der Waals surface area contributed by atoms with E-state index in [4.69, 9.17) is 0 Å². The Hall–Kier alpha value is -2.50. The number of hydrogen-bond acceptors (Lipinski definition) is 5. The highest BCUT2D eigenvalue weighted by Gasteiger charge is 2.39. The van der Waals surface area contributed by atoms with Crippen LogP contribution in [0.1, 0.15) is 19.4 Å². The van der Waals surface area contributed by atoms with E-state index >= 15 is 0 Å². The lowest BCUT2D eigenvalue weighted by Gasteiger charge is -2.08. The minimum Gasteiger partial charge on any atom is -0.461 e. The van der Waals surface area contributed by atoms with Gasteiger partial charge in [-0.25, -0.2) is 4.79 Å². The van der Waals surface area contributed by atoms with Crippen molar-refractivity contribution in [3.8, 4) is 0 Å². The zero-order valence-electron chi connectivity index (χ0n) is 11.2. The summed E-state index contributed by atoms with van der Waals surface area (Å²) in [4.78, 5) is 33.4. The second-order valence-corrected chi connectivity index (χ2v) is 4.04. The Morgan fingerprint density at radius 2 is 1.95 bits per heavy atom. The van der Waals surface area contributed by atoms with Crippen LogP contribution in [-0.4, -0.2) is 29.3 Å². The summed E-state index contributed by atoms with van der Waals surface area (Å²) in [5.74, 6) is -2.00. The lowest BCUT2D eigenvalue weighted by molar-refractivity contribution is -0.495. The SMILES string of the molecule is CCOC(=O)C(C(=O)/C(C)=C\c1ccccc1)[N+](=O)[O-]. The van der Waals surface area contributed by atoms with Crippen LogP contribution >= 0.6 is 0 Å². The fourth-order valence-corrected chi connectivity index (χ4v) is 1.60. The molecule has 1 unspecified atom stereocenters. The first-order valence-electron chi connectivity index (χ1n) is 6.05. The zero-order valence-corrected chi connectivity index (χ0v) is 11.2. The molecule has 0 aromatic heterocycles.